The summed E-state index contributed by atoms with van der Waals surface area (Å²) in [5.41, 5.74) is 2.54. The van der Waals surface area contributed by atoms with Crippen molar-refractivity contribution in [1.82, 2.24) is 0 Å². The zero-order chi connectivity index (χ0) is 11.4. The second-order valence-corrected chi connectivity index (χ2v) is 5.25. The monoisotopic (exact) mass is 294 g/mol. The van der Waals surface area contributed by atoms with Crippen molar-refractivity contribution in [2.24, 2.45) is 0 Å². The highest BCUT2D eigenvalue weighted by atomic mass is 79.9. The Morgan fingerprint density at radius 2 is 1.75 bits per heavy atom. The first kappa shape index (κ1) is 11.7. The van der Waals surface area contributed by atoms with Crippen LogP contribution in [0.1, 0.15) is 16.0 Å². The number of alkyl halides is 1. The van der Waals surface area contributed by atoms with Crippen molar-refractivity contribution in [3.8, 4) is 0 Å². The fourth-order valence-electron chi connectivity index (χ4n) is 1.65. The van der Waals surface area contributed by atoms with Crippen LogP contribution in [0.4, 0.5) is 0 Å². The Bertz CT molecular complexity index is 453. The Morgan fingerprint density at radius 3 is 2.44 bits per heavy atom. The normalized spacial score (nSPS) is 12.4. The minimum atomic E-state index is 0.340. The zero-order valence-electron chi connectivity index (χ0n) is 8.74. The second-order valence-electron chi connectivity index (χ2n) is 3.71. The molecule has 82 valence electrons. The fraction of sp³-hybridized carbons (Fsp3) is 0.143. The van der Waals surface area contributed by atoms with Gasteiger partial charge in [0.25, 0.3) is 0 Å². The van der Waals surface area contributed by atoms with Gasteiger partial charge in [-0.1, -0.05) is 70.0 Å². The summed E-state index contributed by atoms with van der Waals surface area (Å²) in [6, 6.07) is 18.4. The molecule has 0 aliphatic carbocycles. The smallest absolute Gasteiger partial charge is 0.0435 e. The van der Waals surface area contributed by atoms with Crippen LogP contribution in [0.3, 0.4) is 0 Å². The number of halogens is 2. The van der Waals surface area contributed by atoms with Crippen LogP contribution < -0.4 is 0 Å². The molecule has 0 N–H and O–H groups in total. The average molecular weight is 296 g/mol. The summed E-state index contributed by atoms with van der Waals surface area (Å²) in [6.07, 6.45) is 0.949. The molecule has 2 rings (SSSR count). The third-order valence-electron chi connectivity index (χ3n) is 2.47. The molecule has 0 aromatic heterocycles. The Balaban J connectivity index is 2.11. The largest absolute Gasteiger partial charge is 0.0843 e. The fourth-order valence-corrected chi connectivity index (χ4v) is 2.54. The van der Waals surface area contributed by atoms with E-state index in [0.717, 1.165) is 11.4 Å². The highest BCUT2D eigenvalue weighted by molar-refractivity contribution is 9.09. The minimum Gasteiger partial charge on any atom is -0.0843 e. The van der Waals surface area contributed by atoms with Gasteiger partial charge >= 0.3 is 0 Å². The third kappa shape index (κ3) is 3.10. The molecular weight excluding hydrogens is 284 g/mol. The standard InChI is InChI=1S/C14H12BrCl/c15-14(12-6-2-1-3-7-12)10-11-5-4-8-13(16)9-11/h1-9,14H,10H2. The number of benzene rings is 2. The minimum absolute atomic E-state index is 0.340. The van der Waals surface area contributed by atoms with E-state index in [0.29, 0.717) is 4.83 Å². The van der Waals surface area contributed by atoms with E-state index < -0.39 is 0 Å². The molecule has 2 aromatic rings. The molecule has 0 radical (unpaired) electrons. The highest BCUT2D eigenvalue weighted by Crippen LogP contribution is 2.27. The van der Waals surface area contributed by atoms with E-state index in [1.165, 1.54) is 11.1 Å². The van der Waals surface area contributed by atoms with Crippen LogP contribution in [0.15, 0.2) is 54.6 Å². The summed E-state index contributed by atoms with van der Waals surface area (Å²) >= 11 is 9.66. The molecule has 16 heavy (non-hydrogen) atoms. The van der Waals surface area contributed by atoms with E-state index in [2.05, 4.69) is 46.3 Å². The van der Waals surface area contributed by atoms with Gasteiger partial charge in [-0.3, -0.25) is 0 Å². The van der Waals surface area contributed by atoms with Crippen molar-refractivity contribution in [2.45, 2.75) is 11.2 Å². The molecule has 0 saturated carbocycles. The second kappa shape index (κ2) is 5.51. The molecule has 0 aliphatic heterocycles. The first-order chi connectivity index (χ1) is 7.75. The topological polar surface area (TPSA) is 0 Å². The lowest BCUT2D eigenvalue weighted by atomic mass is 10.0. The van der Waals surface area contributed by atoms with Crippen LogP contribution in [0.5, 0.6) is 0 Å². The molecule has 0 aliphatic rings. The first-order valence-corrected chi connectivity index (χ1v) is 6.48. The molecule has 0 spiro atoms. The molecule has 2 aromatic carbocycles. The summed E-state index contributed by atoms with van der Waals surface area (Å²) in [6.45, 7) is 0. The van der Waals surface area contributed by atoms with Crippen LogP contribution in [-0.2, 0) is 6.42 Å². The number of rotatable bonds is 3. The van der Waals surface area contributed by atoms with E-state index in [-0.39, 0.29) is 0 Å². The lowest BCUT2D eigenvalue weighted by molar-refractivity contribution is 0.949. The van der Waals surface area contributed by atoms with Crippen molar-refractivity contribution >= 4 is 27.5 Å². The van der Waals surface area contributed by atoms with Crippen LogP contribution in [0, 0.1) is 0 Å². The van der Waals surface area contributed by atoms with E-state index in [1.807, 2.05) is 24.3 Å². The molecule has 0 heterocycles. The van der Waals surface area contributed by atoms with Crippen molar-refractivity contribution in [2.75, 3.05) is 0 Å². The Kier molecular flexibility index (Phi) is 4.03. The SMILES string of the molecule is Clc1cccc(CC(Br)c2ccccc2)c1. The maximum Gasteiger partial charge on any atom is 0.0435 e. The highest BCUT2D eigenvalue weighted by Gasteiger charge is 2.07. The van der Waals surface area contributed by atoms with Gasteiger partial charge in [0.05, 0.1) is 0 Å². The van der Waals surface area contributed by atoms with Crippen LogP contribution in [-0.4, -0.2) is 0 Å². The summed E-state index contributed by atoms with van der Waals surface area (Å²) in [5, 5.41) is 0.797. The van der Waals surface area contributed by atoms with Crippen molar-refractivity contribution in [1.29, 1.82) is 0 Å². The zero-order valence-corrected chi connectivity index (χ0v) is 11.1. The van der Waals surface area contributed by atoms with Gasteiger partial charge in [0, 0.05) is 9.85 Å². The van der Waals surface area contributed by atoms with Gasteiger partial charge in [-0.05, 0) is 29.7 Å². The Morgan fingerprint density at radius 1 is 1.00 bits per heavy atom. The predicted molar refractivity (Wildman–Crippen MR) is 73.3 cm³/mol. The van der Waals surface area contributed by atoms with E-state index in [1.54, 1.807) is 0 Å². The lowest BCUT2D eigenvalue weighted by Gasteiger charge is -2.10. The van der Waals surface area contributed by atoms with Gasteiger partial charge in [-0.25, -0.2) is 0 Å². The lowest BCUT2D eigenvalue weighted by Crippen LogP contribution is -1.94. The quantitative estimate of drug-likeness (QED) is 0.698. The van der Waals surface area contributed by atoms with Crippen molar-refractivity contribution < 1.29 is 0 Å². The maximum absolute atomic E-state index is 5.96. The summed E-state index contributed by atoms with van der Waals surface area (Å²) < 4.78 is 0. The molecule has 0 nitrogen and oxygen atoms in total. The average Bonchev–Trinajstić information content (AvgIpc) is 2.30. The predicted octanol–water partition coefficient (Wildman–Crippen LogP) is 5.02. The van der Waals surface area contributed by atoms with Crippen molar-refractivity contribution in [3.05, 3.63) is 70.7 Å². The van der Waals surface area contributed by atoms with E-state index in [4.69, 9.17) is 11.6 Å². The Labute approximate surface area is 109 Å². The van der Waals surface area contributed by atoms with Crippen LogP contribution in [0.25, 0.3) is 0 Å². The van der Waals surface area contributed by atoms with Gasteiger partial charge in [0.1, 0.15) is 0 Å². The van der Waals surface area contributed by atoms with Gasteiger partial charge < -0.3 is 0 Å². The van der Waals surface area contributed by atoms with Gasteiger partial charge in [0.2, 0.25) is 0 Å². The first-order valence-electron chi connectivity index (χ1n) is 5.19. The molecule has 0 bridgehead atoms. The third-order valence-corrected chi connectivity index (χ3v) is 3.55. The molecular formula is C14H12BrCl. The maximum atomic E-state index is 5.96. The van der Waals surface area contributed by atoms with Crippen molar-refractivity contribution in [3.63, 3.8) is 0 Å². The van der Waals surface area contributed by atoms with Crippen LogP contribution in [0.2, 0.25) is 5.02 Å². The van der Waals surface area contributed by atoms with E-state index >= 15 is 0 Å². The summed E-state index contributed by atoms with van der Waals surface area (Å²) in [5.74, 6) is 0. The Hall–Kier alpha value is -0.790. The van der Waals surface area contributed by atoms with Gasteiger partial charge in [-0.15, -0.1) is 0 Å². The molecule has 0 amide bonds. The van der Waals surface area contributed by atoms with Gasteiger partial charge in [-0.2, -0.15) is 0 Å². The van der Waals surface area contributed by atoms with Gasteiger partial charge in [0.15, 0.2) is 0 Å². The van der Waals surface area contributed by atoms with Crippen LogP contribution >= 0.6 is 27.5 Å². The molecule has 2 heteroatoms. The van der Waals surface area contributed by atoms with E-state index in [9.17, 15) is 0 Å². The summed E-state index contributed by atoms with van der Waals surface area (Å²) in [7, 11) is 0. The number of hydrogen-bond acceptors (Lipinski definition) is 0. The molecule has 1 atom stereocenters. The molecule has 0 fully saturated rings. The molecule has 0 saturated heterocycles. The summed E-state index contributed by atoms with van der Waals surface area (Å²) in [4.78, 5) is 0.340. The number of hydrogen-bond donors (Lipinski definition) is 0. The molecule has 1 unspecified atom stereocenters.